The predicted octanol–water partition coefficient (Wildman–Crippen LogP) is -0.793. The summed E-state index contributed by atoms with van der Waals surface area (Å²) in [6, 6.07) is 0. The molecule has 0 amide bonds. The van der Waals surface area contributed by atoms with Crippen LogP contribution in [0, 0.1) is 0 Å². The summed E-state index contributed by atoms with van der Waals surface area (Å²) in [6.45, 7) is 1.79. The summed E-state index contributed by atoms with van der Waals surface area (Å²) >= 11 is 0. The van der Waals surface area contributed by atoms with Gasteiger partial charge in [0.15, 0.2) is 5.82 Å². The van der Waals surface area contributed by atoms with Crippen LogP contribution in [0.4, 0.5) is 11.5 Å². The second-order valence-electron chi connectivity index (χ2n) is 2.31. The van der Waals surface area contributed by atoms with Crippen LogP contribution in [0.25, 0.3) is 0 Å². The lowest BCUT2D eigenvalue weighted by Gasteiger charge is -2.06. The van der Waals surface area contributed by atoms with Gasteiger partial charge in [-0.1, -0.05) is 6.92 Å². The first-order valence-corrected chi connectivity index (χ1v) is 3.44. The van der Waals surface area contributed by atoms with E-state index in [1.807, 2.05) is 0 Å². The molecule has 12 heavy (non-hydrogen) atoms. The first-order chi connectivity index (χ1) is 5.57. The van der Waals surface area contributed by atoms with Crippen LogP contribution in [0.2, 0.25) is 0 Å². The van der Waals surface area contributed by atoms with E-state index in [1.54, 1.807) is 6.92 Å². The van der Waals surface area contributed by atoms with Crippen molar-refractivity contribution in [2.75, 3.05) is 11.5 Å². The van der Waals surface area contributed by atoms with Crippen LogP contribution in [0.15, 0.2) is 4.79 Å². The topological polar surface area (TPSA) is 107 Å². The molecule has 0 aliphatic heterocycles. The van der Waals surface area contributed by atoms with Crippen molar-refractivity contribution in [2.45, 2.75) is 13.3 Å². The molecule has 1 heterocycles. The Hall–Kier alpha value is -1.72. The third kappa shape index (κ3) is 1.07. The maximum atomic E-state index is 10.8. The molecule has 66 valence electrons. The van der Waals surface area contributed by atoms with Gasteiger partial charge in [-0.25, -0.2) is 4.79 Å². The van der Waals surface area contributed by atoms with Gasteiger partial charge in [-0.05, 0) is 6.42 Å². The molecule has 0 bridgehead atoms. The Labute approximate surface area is 68.4 Å². The maximum absolute atomic E-state index is 10.8. The van der Waals surface area contributed by atoms with Crippen molar-refractivity contribution >= 4 is 11.5 Å². The summed E-state index contributed by atoms with van der Waals surface area (Å²) in [6.07, 6.45) is 0.506. The Bertz CT molecular complexity index is 357. The van der Waals surface area contributed by atoms with Gasteiger partial charge in [0.25, 0.3) is 0 Å². The van der Waals surface area contributed by atoms with E-state index in [4.69, 9.17) is 16.7 Å². The fourth-order valence-electron chi connectivity index (χ4n) is 0.858. The SMILES string of the molecule is CCc1nc(=O)n(O)c(N)c1N. The van der Waals surface area contributed by atoms with E-state index >= 15 is 0 Å². The number of hydrogen-bond acceptors (Lipinski definition) is 5. The molecule has 0 aromatic carbocycles. The molecule has 6 heteroatoms. The average Bonchev–Trinajstić information content (AvgIpc) is 2.08. The maximum Gasteiger partial charge on any atom is 0.382 e. The van der Waals surface area contributed by atoms with E-state index in [0.717, 1.165) is 0 Å². The Balaban J connectivity index is 3.50. The lowest BCUT2D eigenvalue weighted by Crippen LogP contribution is -2.26. The monoisotopic (exact) mass is 170 g/mol. The van der Waals surface area contributed by atoms with Crippen LogP contribution in [0.5, 0.6) is 0 Å². The molecule has 0 aliphatic rings. The summed E-state index contributed by atoms with van der Waals surface area (Å²) in [7, 11) is 0. The number of aryl methyl sites for hydroxylation is 1. The molecule has 0 aliphatic carbocycles. The summed E-state index contributed by atoms with van der Waals surface area (Å²) in [5.41, 5.74) is 10.5. The van der Waals surface area contributed by atoms with E-state index < -0.39 is 5.69 Å². The van der Waals surface area contributed by atoms with E-state index in [9.17, 15) is 4.79 Å². The highest BCUT2D eigenvalue weighted by Crippen LogP contribution is 2.14. The normalized spacial score (nSPS) is 10.1. The molecule has 0 radical (unpaired) electrons. The number of nitrogen functional groups attached to an aromatic ring is 2. The fraction of sp³-hybridized carbons (Fsp3) is 0.333. The Kier molecular flexibility index (Phi) is 1.90. The van der Waals surface area contributed by atoms with Crippen molar-refractivity contribution in [3.63, 3.8) is 0 Å². The van der Waals surface area contributed by atoms with E-state index in [-0.39, 0.29) is 16.2 Å². The van der Waals surface area contributed by atoms with Crippen LogP contribution < -0.4 is 17.2 Å². The summed E-state index contributed by atoms with van der Waals surface area (Å²) in [4.78, 5) is 14.3. The molecule has 0 saturated carbocycles. The van der Waals surface area contributed by atoms with E-state index in [1.165, 1.54) is 0 Å². The third-order valence-corrected chi connectivity index (χ3v) is 1.56. The van der Waals surface area contributed by atoms with Gasteiger partial charge in [0.2, 0.25) is 0 Å². The minimum Gasteiger partial charge on any atom is -0.422 e. The van der Waals surface area contributed by atoms with Gasteiger partial charge in [-0.15, -0.1) is 4.73 Å². The number of rotatable bonds is 1. The number of nitrogens with zero attached hydrogens (tertiary/aromatic N) is 2. The zero-order valence-corrected chi connectivity index (χ0v) is 6.61. The van der Waals surface area contributed by atoms with Crippen LogP contribution in [0.3, 0.4) is 0 Å². The molecule has 0 fully saturated rings. The van der Waals surface area contributed by atoms with Gasteiger partial charge >= 0.3 is 5.69 Å². The lowest BCUT2D eigenvalue weighted by molar-refractivity contribution is 0.176. The molecule has 6 nitrogen and oxygen atoms in total. The molecule has 0 spiro atoms. The molecule has 5 N–H and O–H groups in total. The Morgan fingerprint density at radius 1 is 1.58 bits per heavy atom. The van der Waals surface area contributed by atoms with Gasteiger partial charge < -0.3 is 16.7 Å². The van der Waals surface area contributed by atoms with Crippen LogP contribution in [-0.4, -0.2) is 14.9 Å². The molecule has 1 aromatic rings. The van der Waals surface area contributed by atoms with Gasteiger partial charge in [0.1, 0.15) is 0 Å². The molecule has 0 saturated heterocycles. The first-order valence-electron chi connectivity index (χ1n) is 3.44. The Morgan fingerprint density at radius 2 is 2.17 bits per heavy atom. The fourth-order valence-corrected chi connectivity index (χ4v) is 0.858. The van der Waals surface area contributed by atoms with Gasteiger partial charge in [-0.3, -0.25) is 0 Å². The minimum atomic E-state index is -0.807. The third-order valence-electron chi connectivity index (χ3n) is 1.56. The zero-order valence-electron chi connectivity index (χ0n) is 6.61. The number of anilines is 2. The van der Waals surface area contributed by atoms with Gasteiger partial charge in [0, 0.05) is 0 Å². The lowest BCUT2D eigenvalue weighted by atomic mass is 10.3. The number of aromatic nitrogens is 2. The van der Waals surface area contributed by atoms with Crippen LogP contribution >= 0.6 is 0 Å². The molecular weight excluding hydrogens is 160 g/mol. The summed E-state index contributed by atoms with van der Waals surface area (Å²) in [5, 5.41) is 8.94. The summed E-state index contributed by atoms with van der Waals surface area (Å²) in [5.74, 6) is -0.160. The van der Waals surface area contributed by atoms with E-state index in [2.05, 4.69) is 4.98 Å². The molecule has 1 aromatic heterocycles. The van der Waals surface area contributed by atoms with Crippen molar-refractivity contribution in [3.8, 4) is 0 Å². The van der Waals surface area contributed by atoms with Crippen LogP contribution in [-0.2, 0) is 6.42 Å². The number of hydrogen-bond donors (Lipinski definition) is 3. The second kappa shape index (κ2) is 2.72. The molecular formula is C6H10N4O2. The van der Waals surface area contributed by atoms with Crippen molar-refractivity contribution in [2.24, 2.45) is 0 Å². The van der Waals surface area contributed by atoms with Gasteiger partial charge in [0.05, 0.1) is 11.4 Å². The van der Waals surface area contributed by atoms with Crippen molar-refractivity contribution < 1.29 is 5.21 Å². The largest absolute Gasteiger partial charge is 0.422 e. The summed E-state index contributed by atoms with van der Waals surface area (Å²) < 4.78 is 0.231. The smallest absolute Gasteiger partial charge is 0.382 e. The van der Waals surface area contributed by atoms with Crippen molar-refractivity contribution in [1.29, 1.82) is 0 Å². The highest BCUT2D eigenvalue weighted by Gasteiger charge is 2.09. The number of nitrogens with two attached hydrogens (primary N) is 2. The average molecular weight is 170 g/mol. The highest BCUT2D eigenvalue weighted by atomic mass is 16.5. The standard InChI is InChI=1S/C6H10N4O2/c1-2-3-4(7)5(8)10(12)6(11)9-3/h12H,2,7-8H2,1H3. The quantitative estimate of drug-likeness (QED) is 0.478. The predicted molar refractivity (Wildman–Crippen MR) is 43.9 cm³/mol. The first kappa shape index (κ1) is 8.38. The minimum absolute atomic E-state index is 0.152. The second-order valence-corrected chi connectivity index (χ2v) is 2.31. The molecule has 0 unspecified atom stereocenters. The Morgan fingerprint density at radius 3 is 2.67 bits per heavy atom. The van der Waals surface area contributed by atoms with Crippen molar-refractivity contribution in [3.05, 3.63) is 16.2 Å². The highest BCUT2D eigenvalue weighted by molar-refractivity contribution is 5.60. The van der Waals surface area contributed by atoms with E-state index in [0.29, 0.717) is 12.1 Å². The van der Waals surface area contributed by atoms with Gasteiger partial charge in [-0.2, -0.15) is 4.98 Å². The molecule has 0 atom stereocenters. The van der Waals surface area contributed by atoms with Crippen LogP contribution in [0.1, 0.15) is 12.6 Å². The molecule has 1 rings (SSSR count). The van der Waals surface area contributed by atoms with Crippen molar-refractivity contribution in [1.82, 2.24) is 9.71 Å². The zero-order chi connectivity index (χ0) is 9.30.